The van der Waals surface area contributed by atoms with Crippen LogP contribution in [0.1, 0.15) is 24.1 Å². The maximum atomic E-state index is 12.0. The first-order valence-electron chi connectivity index (χ1n) is 8.22. The molecule has 0 aliphatic carbocycles. The summed E-state index contributed by atoms with van der Waals surface area (Å²) >= 11 is 12.2. The Kier molecular flexibility index (Phi) is 7.75. The molecular weight excluding hydrogens is 371 g/mol. The number of rotatable bonds is 6. The van der Waals surface area contributed by atoms with Crippen molar-refractivity contribution >= 4 is 35.1 Å². The molecule has 1 amide bonds. The summed E-state index contributed by atoms with van der Waals surface area (Å²) < 4.78 is 0. The van der Waals surface area contributed by atoms with E-state index in [0.29, 0.717) is 22.5 Å². The fraction of sp³-hybridized carbons (Fsp3) is 0.263. The lowest BCUT2D eigenvalue weighted by Crippen LogP contribution is -2.43. The van der Waals surface area contributed by atoms with Gasteiger partial charge in [-0.05, 0) is 30.2 Å². The standard InChI is InChI=1S/C19H22Cl2N4O/c1-13(16-9-8-15(20)10-17(16)21)25-19(22-2)24-12-18(26)23-11-14-6-4-3-5-7-14/h3-10,13H,11-12H2,1-2H3,(H,23,26)(H2,22,24,25). The third-order valence-electron chi connectivity index (χ3n) is 3.75. The van der Waals surface area contributed by atoms with Crippen molar-refractivity contribution in [1.29, 1.82) is 0 Å². The Morgan fingerprint density at radius 1 is 1.12 bits per heavy atom. The molecule has 26 heavy (non-hydrogen) atoms. The number of hydrogen-bond donors (Lipinski definition) is 3. The van der Waals surface area contributed by atoms with E-state index in [1.54, 1.807) is 19.2 Å². The van der Waals surface area contributed by atoms with Gasteiger partial charge in [0.15, 0.2) is 5.96 Å². The van der Waals surface area contributed by atoms with Crippen LogP contribution in [0.2, 0.25) is 10.0 Å². The summed E-state index contributed by atoms with van der Waals surface area (Å²) in [6.45, 7) is 2.56. The van der Waals surface area contributed by atoms with Crippen molar-refractivity contribution in [3.05, 3.63) is 69.7 Å². The van der Waals surface area contributed by atoms with Crippen LogP contribution in [0.4, 0.5) is 0 Å². The predicted octanol–water partition coefficient (Wildman–Crippen LogP) is 3.54. The summed E-state index contributed by atoms with van der Waals surface area (Å²) in [5, 5.41) is 10.2. The zero-order chi connectivity index (χ0) is 18.9. The molecule has 7 heteroatoms. The van der Waals surface area contributed by atoms with Gasteiger partial charge in [0.1, 0.15) is 0 Å². The topological polar surface area (TPSA) is 65.5 Å². The maximum Gasteiger partial charge on any atom is 0.239 e. The zero-order valence-electron chi connectivity index (χ0n) is 14.7. The van der Waals surface area contributed by atoms with E-state index < -0.39 is 0 Å². The van der Waals surface area contributed by atoms with Crippen LogP contribution in [-0.4, -0.2) is 25.5 Å². The molecule has 0 heterocycles. The molecule has 3 N–H and O–H groups in total. The molecule has 2 aromatic rings. The number of nitrogens with zero attached hydrogens (tertiary/aromatic N) is 1. The second-order valence-electron chi connectivity index (χ2n) is 5.72. The van der Waals surface area contributed by atoms with Crippen molar-refractivity contribution < 1.29 is 4.79 Å². The Labute approximate surface area is 163 Å². The Morgan fingerprint density at radius 3 is 2.50 bits per heavy atom. The highest BCUT2D eigenvalue weighted by atomic mass is 35.5. The number of nitrogens with one attached hydrogen (secondary N) is 3. The van der Waals surface area contributed by atoms with E-state index in [1.165, 1.54) is 0 Å². The lowest BCUT2D eigenvalue weighted by molar-refractivity contribution is -0.120. The third kappa shape index (κ3) is 6.24. The number of hydrogen-bond acceptors (Lipinski definition) is 2. The fourth-order valence-electron chi connectivity index (χ4n) is 2.35. The van der Waals surface area contributed by atoms with E-state index in [-0.39, 0.29) is 18.5 Å². The highest BCUT2D eigenvalue weighted by molar-refractivity contribution is 6.35. The van der Waals surface area contributed by atoms with Crippen molar-refractivity contribution in [1.82, 2.24) is 16.0 Å². The molecule has 0 radical (unpaired) electrons. The van der Waals surface area contributed by atoms with Gasteiger partial charge in [-0.3, -0.25) is 9.79 Å². The largest absolute Gasteiger partial charge is 0.350 e. The van der Waals surface area contributed by atoms with E-state index in [9.17, 15) is 4.79 Å². The fourth-order valence-corrected chi connectivity index (χ4v) is 2.93. The van der Waals surface area contributed by atoms with Crippen molar-refractivity contribution in [3.63, 3.8) is 0 Å². The molecule has 1 unspecified atom stereocenters. The molecule has 0 bridgehead atoms. The van der Waals surface area contributed by atoms with Crippen LogP contribution in [0, 0.1) is 0 Å². The number of amides is 1. The monoisotopic (exact) mass is 392 g/mol. The predicted molar refractivity (Wildman–Crippen MR) is 108 cm³/mol. The van der Waals surface area contributed by atoms with Gasteiger partial charge in [-0.25, -0.2) is 0 Å². The van der Waals surface area contributed by atoms with Crippen LogP contribution in [-0.2, 0) is 11.3 Å². The van der Waals surface area contributed by atoms with Gasteiger partial charge < -0.3 is 16.0 Å². The molecule has 0 aromatic heterocycles. The number of carbonyl (C=O) groups excluding carboxylic acids is 1. The van der Waals surface area contributed by atoms with E-state index >= 15 is 0 Å². The van der Waals surface area contributed by atoms with Gasteiger partial charge >= 0.3 is 0 Å². The van der Waals surface area contributed by atoms with E-state index in [2.05, 4.69) is 20.9 Å². The lowest BCUT2D eigenvalue weighted by Gasteiger charge is -2.19. The molecule has 0 spiro atoms. The van der Waals surface area contributed by atoms with Crippen LogP contribution in [0.25, 0.3) is 0 Å². The van der Waals surface area contributed by atoms with Crippen molar-refractivity contribution in [2.24, 2.45) is 4.99 Å². The summed E-state index contributed by atoms with van der Waals surface area (Å²) in [7, 11) is 1.65. The summed E-state index contributed by atoms with van der Waals surface area (Å²) in [6, 6.07) is 15.0. The van der Waals surface area contributed by atoms with Gasteiger partial charge in [-0.2, -0.15) is 0 Å². The maximum absolute atomic E-state index is 12.0. The van der Waals surface area contributed by atoms with Crippen LogP contribution in [0.5, 0.6) is 0 Å². The van der Waals surface area contributed by atoms with Crippen LogP contribution in [0.15, 0.2) is 53.5 Å². The molecule has 0 aliphatic rings. The molecule has 0 saturated heterocycles. The number of carbonyl (C=O) groups is 1. The van der Waals surface area contributed by atoms with E-state index in [4.69, 9.17) is 23.2 Å². The molecule has 1 atom stereocenters. The van der Waals surface area contributed by atoms with E-state index in [1.807, 2.05) is 43.3 Å². The smallest absolute Gasteiger partial charge is 0.239 e. The van der Waals surface area contributed by atoms with Crippen molar-refractivity contribution in [3.8, 4) is 0 Å². The summed E-state index contributed by atoms with van der Waals surface area (Å²) in [4.78, 5) is 16.1. The first-order chi connectivity index (χ1) is 12.5. The van der Waals surface area contributed by atoms with Crippen LogP contribution in [0.3, 0.4) is 0 Å². The first-order valence-corrected chi connectivity index (χ1v) is 8.98. The molecule has 0 aliphatic heterocycles. The van der Waals surface area contributed by atoms with Crippen molar-refractivity contribution in [2.45, 2.75) is 19.5 Å². The molecule has 138 valence electrons. The average molecular weight is 393 g/mol. The van der Waals surface area contributed by atoms with Crippen molar-refractivity contribution in [2.75, 3.05) is 13.6 Å². The molecule has 2 aromatic carbocycles. The van der Waals surface area contributed by atoms with Gasteiger partial charge in [-0.15, -0.1) is 0 Å². The Hall–Kier alpha value is -2.24. The van der Waals surface area contributed by atoms with Crippen LogP contribution >= 0.6 is 23.2 Å². The SMILES string of the molecule is CN=C(NCC(=O)NCc1ccccc1)NC(C)c1ccc(Cl)cc1Cl. The number of benzene rings is 2. The first kappa shape index (κ1) is 20.1. The Balaban J connectivity index is 1.82. The van der Waals surface area contributed by atoms with Gasteiger partial charge in [0.2, 0.25) is 5.91 Å². The van der Waals surface area contributed by atoms with E-state index in [0.717, 1.165) is 11.1 Å². The highest BCUT2D eigenvalue weighted by Gasteiger charge is 2.12. The third-order valence-corrected chi connectivity index (χ3v) is 4.32. The van der Waals surface area contributed by atoms with Crippen LogP contribution < -0.4 is 16.0 Å². The van der Waals surface area contributed by atoms with Gasteiger partial charge in [0, 0.05) is 23.6 Å². The van der Waals surface area contributed by atoms with Gasteiger partial charge in [0.05, 0.1) is 12.6 Å². The minimum absolute atomic E-state index is 0.0988. The Bertz CT molecular complexity index is 765. The summed E-state index contributed by atoms with van der Waals surface area (Å²) in [5.74, 6) is 0.396. The quantitative estimate of drug-likeness (QED) is 0.520. The number of guanidine groups is 1. The number of aliphatic imine (C=N–C) groups is 1. The molecule has 0 saturated carbocycles. The molecular formula is C19H22Cl2N4O. The second kappa shape index (κ2) is 10.0. The molecule has 0 fully saturated rings. The molecule has 5 nitrogen and oxygen atoms in total. The normalized spacial score (nSPS) is 12.4. The second-order valence-corrected chi connectivity index (χ2v) is 6.56. The summed E-state index contributed by atoms with van der Waals surface area (Å²) in [5.41, 5.74) is 1.95. The highest BCUT2D eigenvalue weighted by Crippen LogP contribution is 2.25. The minimum atomic E-state index is -0.117. The minimum Gasteiger partial charge on any atom is -0.350 e. The lowest BCUT2D eigenvalue weighted by atomic mass is 10.1. The Morgan fingerprint density at radius 2 is 1.85 bits per heavy atom. The van der Waals surface area contributed by atoms with Gasteiger partial charge in [-0.1, -0.05) is 59.6 Å². The summed E-state index contributed by atoms with van der Waals surface area (Å²) in [6.07, 6.45) is 0. The number of halogens is 2. The molecule has 2 rings (SSSR count). The average Bonchev–Trinajstić information content (AvgIpc) is 2.64. The van der Waals surface area contributed by atoms with Gasteiger partial charge in [0.25, 0.3) is 0 Å². The zero-order valence-corrected chi connectivity index (χ0v) is 16.2.